The monoisotopic (exact) mass is 221 g/mol. The molecule has 0 aliphatic carbocycles. The van der Waals surface area contributed by atoms with Gasteiger partial charge in [-0.2, -0.15) is 0 Å². The second kappa shape index (κ2) is 6.12. The van der Waals surface area contributed by atoms with Gasteiger partial charge >= 0.3 is 0 Å². The zero-order valence-corrected chi connectivity index (χ0v) is 9.28. The highest BCUT2D eigenvalue weighted by Crippen LogP contribution is 2.19. The Balaban J connectivity index is 2.64. The maximum Gasteiger partial charge on any atom is 0.0441 e. The van der Waals surface area contributed by atoms with Crippen molar-refractivity contribution in [2.75, 3.05) is 6.54 Å². The molecule has 0 amide bonds. The van der Waals surface area contributed by atoms with E-state index in [-0.39, 0.29) is 0 Å². The van der Waals surface area contributed by atoms with Crippen molar-refractivity contribution in [1.82, 2.24) is 0 Å². The summed E-state index contributed by atoms with van der Waals surface area (Å²) in [6.45, 7) is 2.47. The molecule has 0 atom stereocenters. The first-order valence-corrected chi connectivity index (χ1v) is 5.06. The average molecular weight is 222 g/mol. The van der Waals surface area contributed by atoms with E-state index in [9.17, 15) is 0 Å². The second-order valence-electron chi connectivity index (χ2n) is 3.10. The fourth-order valence-electron chi connectivity index (χ4n) is 1.19. The van der Waals surface area contributed by atoms with Gasteiger partial charge in [0.05, 0.1) is 0 Å². The lowest BCUT2D eigenvalue weighted by Gasteiger charge is -2.01. The van der Waals surface area contributed by atoms with Crippen LogP contribution >= 0.6 is 11.6 Å². The van der Waals surface area contributed by atoms with Gasteiger partial charge in [-0.05, 0) is 36.1 Å². The number of halogens is 1. The van der Waals surface area contributed by atoms with Crippen molar-refractivity contribution in [2.24, 2.45) is 5.11 Å². The van der Waals surface area contributed by atoms with Crippen LogP contribution in [0.5, 0.6) is 0 Å². The van der Waals surface area contributed by atoms with Gasteiger partial charge in [0.2, 0.25) is 0 Å². The van der Waals surface area contributed by atoms with Crippen LogP contribution in [0, 0.1) is 6.92 Å². The SMILES string of the molecule is Cc1c(Cl)cccc1C=CCCN=[N+]=[N-]. The van der Waals surface area contributed by atoms with Gasteiger partial charge < -0.3 is 0 Å². The molecule has 0 spiro atoms. The second-order valence-corrected chi connectivity index (χ2v) is 3.51. The molecule has 0 heterocycles. The highest BCUT2D eigenvalue weighted by atomic mass is 35.5. The molecule has 0 N–H and O–H groups in total. The summed E-state index contributed by atoms with van der Waals surface area (Å²) < 4.78 is 0. The first kappa shape index (κ1) is 11.6. The number of nitrogens with zero attached hydrogens (tertiary/aromatic N) is 3. The molecule has 3 nitrogen and oxygen atoms in total. The predicted octanol–water partition coefficient (Wildman–Crippen LogP) is 4.36. The average Bonchev–Trinajstić information content (AvgIpc) is 2.24. The minimum Gasteiger partial charge on any atom is -0.0937 e. The van der Waals surface area contributed by atoms with Crippen LogP contribution in [0.2, 0.25) is 5.02 Å². The Hall–Kier alpha value is -1.44. The number of hydrogen-bond donors (Lipinski definition) is 0. The smallest absolute Gasteiger partial charge is 0.0441 e. The maximum atomic E-state index is 8.08. The quantitative estimate of drug-likeness (QED) is 0.314. The Bertz CT molecular complexity index is 406. The minimum atomic E-state index is 0.493. The van der Waals surface area contributed by atoms with Crippen molar-refractivity contribution in [1.29, 1.82) is 0 Å². The number of azide groups is 1. The van der Waals surface area contributed by atoms with Crippen LogP contribution in [0.15, 0.2) is 29.4 Å². The molecule has 4 heteroatoms. The zero-order chi connectivity index (χ0) is 11.1. The third-order valence-electron chi connectivity index (χ3n) is 2.07. The molecule has 0 aliphatic heterocycles. The number of rotatable bonds is 4. The van der Waals surface area contributed by atoms with Gasteiger partial charge in [-0.25, -0.2) is 0 Å². The molecule has 1 aromatic carbocycles. The fourth-order valence-corrected chi connectivity index (χ4v) is 1.37. The summed E-state index contributed by atoms with van der Waals surface area (Å²) in [5.74, 6) is 0. The van der Waals surface area contributed by atoms with Crippen molar-refractivity contribution in [3.05, 3.63) is 50.9 Å². The Morgan fingerprint density at radius 1 is 1.53 bits per heavy atom. The molecule has 1 aromatic rings. The third-order valence-corrected chi connectivity index (χ3v) is 2.48. The van der Waals surface area contributed by atoms with Gasteiger partial charge in [0.15, 0.2) is 0 Å². The maximum absolute atomic E-state index is 8.08. The summed E-state index contributed by atoms with van der Waals surface area (Å²) in [5, 5.41) is 4.22. The molecule has 0 unspecified atom stereocenters. The highest BCUT2D eigenvalue weighted by molar-refractivity contribution is 6.31. The molecule has 0 aliphatic rings. The van der Waals surface area contributed by atoms with E-state index in [2.05, 4.69) is 10.0 Å². The Morgan fingerprint density at radius 2 is 2.33 bits per heavy atom. The molecule has 0 fully saturated rings. The molecule has 0 aromatic heterocycles. The summed E-state index contributed by atoms with van der Waals surface area (Å²) in [5.41, 5.74) is 10.2. The van der Waals surface area contributed by atoms with Gasteiger partial charge in [0.1, 0.15) is 0 Å². The van der Waals surface area contributed by atoms with Gasteiger partial charge in [0, 0.05) is 16.5 Å². The van der Waals surface area contributed by atoms with Gasteiger partial charge in [0.25, 0.3) is 0 Å². The molecule has 1 rings (SSSR count). The van der Waals surface area contributed by atoms with E-state index >= 15 is 0 Å². The summed E-state index contributed by atoms with van der Waals surface area (Å²) in [6, 6.07) is 5.79. The molecular weight excluding hydrogens is 210 g/mol. The topological polar surface area (TPSA) is 48.8 Å². The van der Waals surface area contributed by atoms with Crippen LogP contribution in [0.3, 0.4) is 0 Å². The van der Waals surface area contributed by atoms with E-state index in [0.717, 1.165) is 22.6 Å². The first-order chi connectivity index (χ1) is 7.25. The Morgan fingerprint density at radius 3 is 3.07 bits per heavy atom. The predicted molar refractivity (Wildman–Crippen MR) is 63.9 cm³/mol. The largest absolute Gasteiger partial charge is 0.0937 e. The summed E-state index contributed by atoms with van der Waals surface area (Å²) in [6.07, 6.45) is 4.72. The van der Waals surface area contributed by atoms with Crippen molar-refractivity contribution >= 4 is 17.7 Å². The lowest BCUT2D eigenvalue weighted by Crippen LogP contribution is -1.81. The molecule has 15 heavy (non-hydrogen) atoms. The van der Waals surface area contributed by atoms with E-state index in [1.807, 2.05) is 37.3 Å². The summed E-state index contributed by atoms with van der Waals surface area (Å²) in [7, 11) is 0. The van der Waals surface area contributed by atoms with Crippen LogP contribution in [0.1, 0.15) is 17.5 Å². The summed E-state index contributed by atoms with van der Waals surface area (Å²) in [4.78, 5) is 2.68. The number of hydrogen-bond acceptors (Lipinski definition) is 1. The van der Waals surface area contributed by atoms with Gasteiger partial charge in [-0.3, -0.25) is 0 Å². The lowest BCUT2D eigenvalue weighted by molar-refractivity contribution is 0.995. The standard InChI is InChI=1S/C11H12ClN3/c1-9-10(6-4-7-11(9)12)5-2-3-8-14-15-13/h2,4-7H,3,8H2,1H3. The van der Waals surface area contributed by atoms with Crippen LogP contribution in [0.25, 0.3) is 16.5 Å². The third kappa shape index (κ3) is 3.66. The van der Waals surface area contributed by atoms with Crippen LogP contribution in [0.4, 0.5) is 0 Å². The summed E-state index contributed by atoms with van der Waals surface area (Å²) >= 11 is 5.98. The lowest BCUT2D eigenvalue weighted by atomic mass is 10.1. The van der Waals surface area contributed by atoms with Crippen LogP contribution < -0.4 is 0 Å². The fraction of sp³-hybridized carbons (Fsp3) is 0.273. The highest BCUT2D eigenvalue weighted by Gasteiger charge is 1.97. The molecule has 78 valence electrons. The Kier molecular flexibility index (Phi) is 4.75. The van der Waals surface area contributed by atoms with Crippen LogP contribution in [-0.2, 0) is 0 Å². The van der Waals surface area contributed by atoms with E-state index in [4.69, 9.17) is 17.1 Å². The zero-order valence-electron chi connectivity index (χ0n) is 8.52. The van der Waals surface area contributed by atoms with Gasteiger partial charge in [-0.1, -0.05) is 41.0 Å². The minimum absolute atomic E-state index is 0.493. The van der Waals surface area contributed by atoms with E-state index in [1.54, 1.807) is 0 Å². The molecular formula is C11H12ClN3. The number of benzene rings is 1. The molecule has 0 radical (unpaired) electrons. The van der Waals surface area contributed by atoms with Crippen LogP contribution in [-0.4, -0.2) is 6.54 Å². The van der Waals surface area contributed by atoms with E-state index < -0.39 is 0 Å². The normalized spacial score (nSPS) is 10.3. The molecule has 0 saturated carbocycles. The van der Waals surface area contributed by atoms with Crippen molar-refractivity contribution in [3.63, 3.8) is 0 Å². The van der Waals surface area contributed by atoms with Gasteiger partial charge in [-0.15, -0.1) is 0 Å². The molecule has 0 saturated heterocycles. The van der Waals surface area contributed by atoms with E-state index in [0.29, 0.717) is 6.54 Å². The van der Waals surface area contributed by atoms with Crippen molar-refractivity contribution in [3.8, 4) is 0 Å². The Labute approximate surface area is 94.0 Å². The van der Waals surface area contributed by atoms with Crippen molar-refractivity contribution in [2.45, 2.75) is 13.3 Å². The molecule has 0 bridgehead atoms. The van der Waals surface area contributed by atoms with E-state index in [1.165, 1.54) is 0 Å². The van der Waals surface area contributed by atoms with Crippen molar-refractivity contribution < 1.29 is 0 Å². The first-order valence-electron chi connectivity index (χ1n) is 4.68.